The van der Waals surface area contributed by atoms with E-state index in [0.29, 0.717) is 18.2 Å². The predicted octanol–water partition coefficient (Wildman–Crippen LogP) is 1.07. The molecule has 1 saturated carbocycles. The Morgan fingerprint density at radius 1 is 1.50 bits per heavy atom. The molecule has 0 aliphatic heterocycles. The van der Waals surface area contributed by atoms with Crippen LogP contribution in [-0.2, 0) is 16.6 Å². The zero-order valence-corrected chi connectivity index (χ0v) is 12.6. The molecule has 6 nitrogen and oxygen atoms in total. The van der Waals surface area contributed by atoms with Crippen molar-refractivity contribution in [2.24, 2.45) is 11.1 Å². The molecule has 1 aliphatic rings. The highest BCUT2D eigenvalue weighted by Gasteiger charge is 2.28. The molecule has 1 fully saturated rings. The predicted molar refractivity (Wildman–Crippen MR) is 75.7 cm³/mol. The van der Waals surface area contributed by atoms with Crippen LogP contribution in [0.1, 0.15) is 43.6 Å². The van der Waals surface area contributed by atoms with Gasteiger partial charge < -0.3 is 9.88 Å². The fourth-order valence-corrected chi connectivity index (χ4v) is 3.09. The minimum atomic E-state index is -3.79. The lowest BCUT2D eigenvalue weighted by Gasteiger charge is -2.33. The first-order chi connectivity index (χ1) is 9.31. The van der Waals surface area contributed by atoms with Crippen LogP contribution in [0.25, 0.3) is 0 Å². The Hall–Kier alpha value is -1.34. The number of carbonyl (C=O) groups excluding carboxylic acids is 1. The lowest BCUT2D eigenvalue weighted by atomic mass is 9.82. The molecule has 0 unspecified atom stereocenters. The Balaban J connectivity index is 2.20. The quantitative estimate of drug-likeness (QED) is 0.851. The maximum Gasteiger partial charge on any atom is 0.268 e. The third-order valence-corrected chi connectivity index (χ3v) is 4.49. The first-order valence-corrected chi connectivity index (χ1v) is 8.39. The average molecular weight is 299 g/mol. The van der Waals surface area contributed by atoms with Crippen molar-refractivity contribution in [1.29, 1.82) is 0 Å². The molecule has 0 atom stereocenters. The van der Waals surface area contributed by atoms with E-state index in [1.165, 1.54) is 12.3 Å². The molecule has 1 aromatic rings. The molecule has 1 heterocycles. The molecule has 3 N–H and O–H groups in total. The monoisotopic (exact) mass is 299 g/mol. The summed E-state index contributed by atoms with van der Waals surface area (Å²) in [5, 5.41) is 8.05. The van der Waals surface area contributed by atoms with Gasteiger partial charge in [0.1, 0.15) is 10.6 Å². The number of sulfonamides is 1. The molecule has 1 amide bonds. The second-order valence-electron chi connectivity index (χ2n) is 5.55. The van der Waals surface area contributed by atoms with Crippen LogP contribution in [0, 0.1) is 5.92 Å². The van der Waals surface area contributed by atoms with E-state index in [2.05, 4.69) is 12.2 Å². The summed E-state index contributed by atoms with van der Waals surface area (Å²) in [5.41, 5.74) is 0.357. The highest BCUT2D eigenvalue weighted by Crippen LogP contribution is 2.26. The number of amides is 1. The first-order valence-electron chi connectivity index (χ1n) is 6.85. The number of nitrogens with one attached hydrogen (secondary N) is 1. The van der Waals surface area contributed by atoms with Crippen LogP contribution in [0.3, 0.4) is 0 Å². The summed E-state index contributed by atoms with van der Waals surface area (Å²) in [6.45, 7) is 4.69. The number of aromatic nitrogens is 1. The summed E-state index contributed by atoms with van der Waals surface area (Å²) < 4.78 is 24.4. The van der Waals surface area contributed by atoms with Crippen LogP contribution in [-0.4, -0.2) is 24.9 Å². The Kier molecular flexibility index (Phi) is 4.19. The molecule has 1 aromatic heterocycles. The molecule has 1 aliphatic carbocycles. The van der Waals surface area contributed by atoms with Crippen molar-refractivity contribution in [1.82, 2.24) is 9.88 Å². The smallest absolute Gasteiger partial charge is 0.268 e. The lowest BCUT2D eigenvalue weighted by molar-refractivity contribution is 0.0886. The summed E-state index contributed by atoms with van der Waals surface area (Å²) >= 11 is 0. The Morgan fingerprint density at radius 3 is 2.65 bits per heavy atom. The Labute approximate surface area is 119 Å². The van der Waals surface area contributed by atoms with Crippen molar-refractivity contribution in [2.75, 3.05) is 0 Å². The third-order valence-electron chi connectivity index (χ3n) is 3.61. The maximum atomic E-state index is 12.2. The van der Waals surface area contributed by atoms with Crippen LogP contribution < -0.4 is 10.5 Å². The molecule has 0 bridgehead atoms. The molecule has 20 heavy (non-hydrogen) atoms. The lowest BCUT2D eigenvalue weighted by Crippen LogP contribution is -2.43. The summed E-state index contributed by atoms with van der Waals surface area (Å²) in [4.78, 5) is 12.2. The van der Waals surface area contributed by atoms with Crippen molar-refractivity contribution in [3.8, 4) is 0 Å². The van der Waals surface area contributed by atoms with E-state index in [1.807, 2.05) is 6.92 Å². The van der Waals surface area contributed by atoms with Crippen molar-refractivity contribution < 1.29 is 13.2 Å². The highest BCUT2D eigenvalue weighted by atomic mass is 32.2. The molecule has 112 valence electrons. The third kappa shape index (κ3) is 3.21. The van der Waals surface area contributed by atoms with Gasteiger partial charge in [0.15, 0.2) is 0 Å². The number of hydrogen-bond acceptors (Lipinski definition) is 3. The summed E-state index contributed by atoms with van der Waals surface area (Å²) in [7, 11) is -3.79. The second kappa shape index (κ2) is 5.57. The van der Waals surface area contributed by atoms with Crippen LogP contribution in [0.5, 0.6) is 0 Å². The number of primary sulfonamides is 1. The van der Waals surface area contributed by atoms with Gasteiger partial charge in [-0.3, -0.25) is 4.79 Å². The largest absolute Gasteiger partial charge is 0.348 e. The molecule has 7 heteroatoms. The van der Waals surface area contributed by atoms with Gasteiger partial charge in [0.2, 0.25) is 10.0 Å². The fraction of sp³-hybridized carbons (Fsp3) is 0.615. The van der Waals surface area contributed by atoms with Crippen LogP contribution in [0.4, 0.5) is 0 Å². The van der Waals surface area contributed by atoms with Gasteiger partial charge >= 0.3 is 0 Å². The fourth-order valence-electron chi connectivity index (χ4n) is 2.54. The topological polar surface area (TPSA) is 94.2 Å². The second-order valence-corrected chi connectivity index (χ2v) is 7.11. The summed E-state index contributed by atoms with van der Waals surface area (Å²) in [6.07, 6.45) is 4.18. The SMILES string of the molecule is CCCn1cc(S(N)(=O)=O)cc1C(=O)NC1CC(C)C1. The molecular formula is C13H21N3O3S. The molecule has 0 saturated heterocycles. The van der Waals surface area contributed by atoms with Gasteiger partial charge in [-0.1, -0.05) is 13.8 Å². The van der Waals surface area contributed by atoms with Gasteiger partial charge in [-0.25, -0.2) is 13.6 Å². The van der Waals surface area contributed by atoms with Gasteiger partial charge in [-0.15, -0.1) is 0 Å². The standard InChI is InChI=1S/C13H21N3O3S/c1-3-4-16-8-11(20(14,18)19)7-12(16)13(17)15-10-5-9(2)6-10/h7-10H,3-6H2,1-2H3,(H,15,17)(H2,14,18,19). The van der Waals surface area contributed by atoms with Gasteiger partial charge in [0.25, 0.3) is 5.91 Å². The highest BCUT2D eigenvalue weighted by molar-refractivity contribution is 7.89. The van der Waals surface area contributed by atoms with Crippen molar-refractivity contribution in [2.45, 2.75) is 50.6 Å². The molecule has 0 spiro atoms. The minimum Gasteiger partial charge on any atom is -0.348 e. The minimum absolute atomic E-state index is 0.0157. The number of aryl methyl sites for hydroxylation is 1. The molecule has 0 radical (unpaired) electrons. The average Bonchev–Trinajstić information content (AvgIpc) is 2.71. The zero-order valence-electron chi connectivity index (χ0n) is 11.8. The van der Waals surface area contributed by atoms with Crippen molar-refractivity contribution >= 4 is 15.9 Å². The van der Waals surface area contributed by atoms with Crippen molar-refractivity contribution in [3.63, 3.8) is 0 Å². The first kappa shape index (κ1) is 15.1. The molecule has 0 aromatic carbocycles. The summed E-state index contributed by atoms with van der Waals surface area (Å²) in [6, 6.07) is 1.54. The van der Waals surface area contributed by atoms with Crippen LogP contribution >= 0.6 is 0 Å². The van der Waals surface area contributed by atoms with E-state index in [0.717, 1.165) is 19.3 Å². The van der Waals surface area contributed by atoms with Crippen LogP contribution in [0.15, 0.2) is 17.2 Å². The van der Waals surface area contributed by atoms with Gasteiger partial charge in [-0.2, -0.15) is 0 Å². The number of rotatable bonds is 5. The number of nitrogens with two attached hydrogens (primary N) is 1. The maximum absolute atomic E-state index is 12.2. The van der Waals surface area contributed by atoms with Gasteiger partial charge in [0.05, 0.1) is 0 Å². The zero-order chi connectivity index (χ0) is 14.9. The molecular weight excluding hydrogens is 278 g/mol. The van der Waals surface area contributed by atoms with E-state index >= 15 is 0 Å². The van der Waals surface area contributed by atoms with E-state index in [9.17, 15) is 13.2 Å². The normalized spacial score (nSPS) is 22.4. The van der Waals surface area contributed by atoms with E-state index < -0.39 is 10.0 Å². The number of nitrogens with zero attached hydrogens (tertiary/aromatic N) is 1. The van der Waals surface area contributed by atoms with Gasteiger partial charge in [0, 0.05) is 18.8 Å². The van der Waals surface area contributed by atoms with E-state index in [1.54, 1.807) is 4.57 Å². The van der Waals surface area contributed by atoms with Crippen LogP contribution in [0.2, 0.25) is 0 Å². The number of carbonyl (C=O) groups is 1. The molecule has 2 rings (SSSR count). The summed E-state index contributed by atoms with van der Waals surface area (Å²) in [5.74, 6) is 0.410. The van der Waals surface area contributed by atoms with Crippen molar-refractivity contribution in [3.05, 3.63) is 18.0 Å². The Bertz CT molecular complexity index is 600. The van der Waals surface area contributed by atoms with E-state index in [4.69, 9.17) is 5.14 Å². The number of hydrogen-bond donors (Lipinski definition) is 2. The van der Waals surface area contributed by atoms with Gasteiger partial charge in [-0.05, 0) is 31.2 Å². The Morgan fingerprint density at radius 2 is 2.15 bits per heavy atom. The van der Waals surface area contributed by atoms with E-state index in [-0.39, 0.29) is 16.8 Å².